The topological polar surface area (TPSA) is 79.0 Å². The fourth-order valence-corrected chi connectivity index (χ4v) is 4.72. The third-order valence-corrected chi connectivity index (χ3v) is 6.50. The maximum absolute atomic E-state index is 12.4. The van der Waals surface area contributed by atoms with Crippen LogP contribution in [0.5, 0.6) is 0 Å². The molecule has 2 rings (SSSR count). The third kappa shape index (κ3) is 4.40. The largest absolute Gasteiger partial charge is 0.384 e. The van der Waals surface area contributed by atoms with Crippen LogP contribution < -0.4 is 5.32 Å². The van der Waals surface area contributed by atoms with E-state index in [1.165, 1.54) is 10.6 Å². The van der Waals surface area contributed by atoms with Crippen molar-refractivity contribution in [1.82, 2.24) is 14.5 Å². The normalized spacial score (nSPS) is 28.2. The van der Waals surface area contributed by atoms with Crippen LogP contribution in [0.3, 0.4) is 0 Å². The summed E-state index contributed by atoms with van der Waals surface area (Å²) < 4.78 is 30.8. The van der Waals surface area contributed by atoms with Crippen molar-refractivity contribution >= 4 is 16.1 Å². The Balaban J connectivity index is 2.01. The van der Waals surface area contributed by atoms with E-state index in [-0.39, 0.29) is 17.4 Å². The van der Waals surface area contributed by atoms with Crippen molar-refractivity contribution in [2.24, 2.45) is 17.3 Å². The zero-order chi connectivity index (χ0) is 18.0. The van der Waals surface area contributed by atoms with Crippen LogP contribution in [-0.2, 0) is 14.8 Å². The van der Waals surface area contributed by atoms with Crippen LogP contribution in [0.15, 0.2) is 0 Å². The van der Waals surface area contributed by atoms with Crippen molar-refractivity contribution in [2.75, 3.05) is 52.7 Å². The first-order chi connectivity index (χ1) is 11.2. The highest BCUT2D eigenvalue weighted by atomic mass is 32.2. The van der Waals surface area contributed by atoms with Gasteiger partial charge in [-0.25, -0.2) is 17.5 Å². The first-order valence-electron chi connectivity index (χ1n) is 8.65. The van der Waals surface area contributed by atoms with Gasteiger partial charge in [0.15, 0.2) is 0 Å². The predicted octanol–water partition coefficient (Wildman–Crippen LogP) is 0.972. The van der Waals surface area contributed by atoms with Gasteiger partial charge >= 0.3 is 6.03 Å². The number of sulfonamides is 1. The van der Waals surface area contributed by atoms with Crippen molar-refractivity contribution in [3.05, 3.63) is 0 Å². The number of nitrogens with zero attached hydrogens (tertiary/aromatic N) is 2. The van der Waals surface area contributed by atoms with Gasteiger partial charge < -0.3 is 15.0 Å². The minimum absolute atomic E-state index is 0.0422. The van der Waals surface area contributed by atoms with E-state index in [2.05, 4.69) is 19.2 Å². The van der Waals surface area contributed by atoms with Gasteiger partial charge in [0.25, 0.3) is 0 Å². The van der Waals surface area contributed by atoms with E-state index >= 15 is 0 Å². The molecule has 0 bridgehead atoms. The van der Waals surface area contributed by atoms with Gasteiger partial charge in [0, 0.05) is 45.2 Å². The Bertz CT molecular complexity index is 552. The van der Waals surface area contributed by atoms with Crippen LogP contribution >= 0.6 is 0 Å². The van der Waals surface area contributed by atoms with Crippen LogP contribution in [0.1, 0.15) is 26.7 Å². The summed E-state index contributed by atoms with van der Waals surface area (Å²) >= 11 is 0. The molecule has 1 N–H and O–H groups in total. The van der Waals surface area contributed by atoms with E-state index in [1.807, 2.05) is 4.90 Å². The lowest BCUT2D eigenvalue weighted by Gasteiger charge is -2.43. The van der Waals surface area contributed by atoms with Crippen molar-refractivity contribution < 1.29 is 17.9 Å². The number of hydrogen-bond donors (Lipinski definition) is 1. The number of hydrogen-bond acceptors (Lipinski definition) is 4. The number of ether oxygens (including phenoxy) is 1. The summed E-state index contributed by atoms with van der Waals surface area (Å²) in [6.45, 7) is 7.66. The average molecular weight is 362 g/mol. The van der Waals surface area contributed by atoms with Gasteiger partial charge in [0.05, 0.1) is 12.9 Å². The Morgan fingerprint density at radius 1 is 1.38 bits per heavy atom. The number of urea groups is 1. The Kier molecular flexibility index (Phi) is 6.14. The zero-order valence-corrected chi connectivity index (χ0v) is 16.1. The van der Waals surface area contributed by atoms with Crippen LogP contribution in [0, 0.1) is 17.3 Å². The zero-order valence-electron chi connectivity index (χ0n) is 15.2. The molecule has 2 aliphatic rings. The molecule has 7 nitrogen and oxygen atoms in total. The van der Waals surface area contributed by atoms with E-state index in [0.717, 1.165) is 12.8 Å². The lowest BCUT2D eigenvalue weighted by Crippen LogP contribution is -2.53. The van der Waals surface area contributed by atoms with Crippen LogP contribution in [0.25, 0.3) is 0 Å². The summed E-state index contributed by atoms with van der Waals surface area (Å²) in [7, 11) is -1.57. The smallest absolute Gasteiger partial charge is 0.317 e. The predicted molar refractivity (Wildman–Crippen MR) is 93.3 cm³/mol. The maximum Gasteiger partial charge on any atom is 0.317 e. The first kappa shape index (κ1) is 19.5. The second-order valence-electron chi connectivity index (χ2n) is 7.66. The van der Waals surface area contributed by atoms with Crippen LogP contribution in [0.2, 0.25) is 0 Å². The second-order valence-corrected chi connectivity index (χ2v) is 9.64. The quantitative estimate of drug-likeness (QED) is 0.765. The Morgan fingerprint density at radius 2 is 2.08 bits per heavy atom. The second kappa shape index (κ2) is 7.58. The first-order valence-corrected chi connectivity index (χ1v) is 10.5. The molecule has 0 saturated carbocycles. The van der Waals surface area contributed by atoms with E-state index in [1.54, 1.807) is 7.11 Å². The Morgan fingerprint density at radius 3 is 2.67 bits per heavy atom. The van der Waals surface area contributed by atoms with Crippen molar-refractivity contribution in [1.29, 1.82) is 0 Å². The van der Waals surface area contributed by atoms with Gasteiger partial charge in [0.1, 0.15) is 0 Å². The minimum Gasteiger partial charge on any atom is -0.384 e. The van der Waals surface area contributed by atoms with E-state index in [0.29, 0.717) is 45.2 Å². The molecule has 2 heterocycles. The summed E-state index contributed by atoms with van der Waals surface area (Å²) in [4.78, 5) is 14.2. The molecule has 2 unspecified atom stereocenters. The average Bonchev–Trinajstić information content (AvgIpc) is 2.85. The molecule has 0 aromatic heterocycles. The van der Waals surface area contributed by atoms with E-state index < -0.39 is 10.0 Å². The molecule has 140 valence electrons. The molecule has 8 heteroatoms. The minimum atomic E-state index is -3.22. The van der Waals surface area contributed by atoms with Crippen molar-refractivity contribution in [3.63, 3.8) is 0 Å². The highest BCUT2D eigenvalue weighted by Crippen LogP contribution is 2.43. The van der Waals surface area contributed by atoms with Crippen LogP contribution in [0.4, 0.5) is 4.79 Å². The number of rotatable bonds is 6. The Labute approximate surface area is 145 Å². The number of likely N-dealkylation sites (tertiary alicyclic amines) is 1. The molecule has 0 spiro atoms. The summed E-state index contributed by atoms with van der Waals surface area (Å²) in [6, 6.07) is -0.0422. The fourth-order valence-electron chi connectivity index (χ4n) is 3.77. The summed E-state index contributed by atoms with van der Waals surface area (Å²) in [5.74, 6) is 0.677. The summed E-state index contributed by atoms with van der Waals surface area (Å²) in [5, 5.41) is 2.97. The molecule has 2 atom stereocenters. The highest BCUT2D eigenvalue weighted by Gasteiger charge is 2.52. The Hall–Kier alpha value is -0.860. The van der Waals surface area contributed by atoms with Gasteiger partial charge in [-0.1, -0.05) is 13.8 Å². The summed E-state index contributed by atoms with van der Waals surface area (Å²) in [5.41, 5.74) is -0.174. The molecule has 2 saturated heterocycles. The monoisotopic (exact) mass is 361 g/mol. The number of methoxy groups -OCH3 is 1. The van der Waals surface area contributed by atoms with Crippen LogP contribution in [-0.4, -0.2) is 76.4 Å². The maximum atomic E-state index is 12.4. The summed E-state index contributed by atoms with van der Waals surface area (Å²) in [6.07, 6.45) is 2.98. The van der Waals surface area contributed by atoms with Gasteiger partial charge in [-0.05, 0) is 24.7 Å². The van der Waals surface area contributed by atoms with Gasteiger partial charge in [-0.15, -0.1) is 0 Å². The molecule has 2 fully saturated rings. The lowest BCUT2D eigenvalue weighted by atomic mass is 9.73. The van der Waals surface area contributed by atoms with Crippen molar-refractivity contribution in [3.8, 4) is 0 Å². The third-order valence-electron chi connectivity index (χ3n) is 5.29. The molecule has 0 aliphatic carbocycles. The molecule has 0 radical (unpaired) electrons. The molecule has 24 heavy (non-hydrogen) atoms. The molecule has 2 aliphatic heterocycles. The SMILES string of the molecule is COCC12CCN(C(=O)NCCC(C)C)CC1CN(S(C)(=O)=O)C2. The van der Waals surface area contributed by atoms with E-state index in [4.69, 9.17) is 4.74 Å². The number of piperidine rings is 1. The molecule has 2 amide bonds. The highest BCUT2D eigenvalue weighted by molar-refractivity contribution is 7.88. The molecule has 0 aromatic carbocycles. The molecular formula is C16H31N3O4S. The molecular weight excluding hydrogens is 330 g/mol. The number of nitrogens with one attached hydrogen (secondary N) is 1. The van der Waals surface area contributed by atoms with E-state index in [9.17, 15) is 13.2 Å². The van der Waals surface area contributed by atoms with Gasteiger partial charge in [-0.3, -0.25) is 0 Å². The standard InChI is InChI=1S/C16H31N3O4S/c1-13(2)5-7-17-15(20)18-8-6-16(12-23-3)11-19(24(4,21)22)10-14(16)9-18/h13-14H,5-12H2,1-4H3,(H,17,20). The van der Waals surface area contributed by atoms with Crippen molar-refractivity contribution in [2.45, 2.75) is 26.7 Å². The number of carbonyl (C=O) groups excluding carboxylic acids is 1. The van der Waals surface area contributed by atoms with Gasteiger partial charge in [0.2, 0.25) is 10.0 Å². The fraction of sp³-hybridized carbons (Fsp3) is 0.938. The molecule has 0 aromatic rings. The lowest BCUT2D eigenvalue weighted by molar-refractivity contribution is 0.0116. The number of amides is 2. The number of carbonyl (C=O) groups is 1. The van der Waals surface area contributed by atoms with Gasteiger partial charge in [-0.2, -0.15) is 0 Å². The number of fused-ring (bicyclic) bond motifs is 1.